The van der Waals surface area contributed by atoms with Gasteiger partial charge in [-0.05, 0) is 25.1 Å². The Morgan fingerprint density at radius 2 is 2.26 bits per heavy atom. The Balaban J connectivity index is 1.83. The molecule has 1 unspecified atom stereocenters. The third kappa shape index (κ3) is 2.30. The van der Waals surface area contributed by atoms with Crippen LogP contribution in [0.1, 0.15) is 25.0 Å². The Morgan fingerprint density at radius 3 is 3.05 bits per heavy atom. The summed E-state index contributed by atoms with van der Waals surface area (Å²) < 4.78 is 16.6. The van der Waals surface area contributed by atoms with Gasteiger partial charge in [0.1, 0.15) is 17.1 Å². The van der Waals surface area contributed by atoms with Crippen molar-refractivity contribution in [2.75, 3.05) is 20.3 Å². The van der Waals surface area contributed by atoms with Crippen LogP contribution in [0, 0.1) is 0 Å². The van der Waals surface area contributed by atoms with Crippen LogP contribution in [0.3, 0.4) is 0 Å². The van der Waals surface area contributed by atoms with Crippen molar-refractivity contribution in [2.45, 2.75) is 19.3 Å². The average Bonchev–Trinajstić information content (AvgIpc) is 3.03. The second kappa shape index (κ2) is 4.96. The van der Waals surface area contributed by atoms with E-state index in [-0.39, 0.29) is 0 Å². The highest BCUT2D eigenvalue weighted by Crippen LogP contribution is 2.32. The highest BCUT2D eigenvalue weighted by atomic mass is 16.5. The second-order valence-corrected chi connectivity index (χ2v) is 4.62. The zero-order chi connectivity index (χ0) is 13.2. The number of benzene rings is 1. The minimum Gasteiger partial charge on any atom is -0.497 e. The zero-order valence-corrected chi connectivity index (χ0v) is 11.2. The van der Waals surface area contributed by atoms with Crippen molar-refractivity contribution < 1.29 is 13.9 Å². The van der Waals surface area contributed by atoms with Crippen LogP contribution in [0.4, 0.5) is 0 Å². The van der Waals surface area contributed by atoms with Crippen molar-refractivity contribution in [3.05, 3.63) is 30.0 Å². The fraction of sp³-hybridized carbons (Fsp3) is 0.400. The van der Waals surface area contributed by atoms with Crippen molar-refractivity contribution >= 4 is 16.9 Å². The van der Waals surface area contributed by atoms with Crippen LogP contribution in [-0.2, 0) is 4.74 Å². The summed E-state index contributed by atoms with van der Waals surface area (Å²) in [5, 5.41) is 1.10. The number of ether oxygens (including phenoxy) is 2. The monoisotopic (exact) mass is 259 g/mol. The summed E-state index contributed by atoms with van der Waals surface area (Å²) in [6.07, 6.45) is 0.824. The molecule has 0 N–H and O–H groups in total. The van der Waals surface area contributed by atoms with E-state index in [0.717, 1.165) is 41.3 Å². The van der Waals surface area contributed by atoms with Gasteiger partial charge in [0, 0.05) is 23.8 Å². The van der Waals surface area contributed by atoms with Crippen molar-refractivity contribution in [3.8, 4) is 5.75 Å². The summed E-state index contributed by atoms with van der Waals surface area (Å²) in [5.74, 6) is 2.92. The van der Waals surface area contributed by atoms with Crippen LogP contribution in [0.15, 0.2) is 33.7 Å². The molecular formula is C15H17NO3. The van der Waals surface area contributed by atoms with Crippen molar-refractivity contribution in [1.82, 2.24) is 0 Å². The molecule has 2 aromatic rings. The maximum absolute atomic E-state index is 5.91. The Hall–Kier alpha value is -1.97. The topological polar surface area (TPSA) is 44.0 Å². The second-order valence-electron chi connectivity index (χ2n) is 4.62. The number of fused-ring (bicyclic) bond motifs is 1. The number of furan rings is 1. The predicted molar refractivity (Wildman–Crippen MR) is 74.1 cm³/mol. The third-order valence-corrected chi connectivity index (χ3v) is 3.37. The summed E-state index contributed by atoms with van der Waals surface area (Å²) in [6, 6.07) is 7.96. The third-order valence-electron chi connectivity index (χ3n) is 3.37. The molecule has 1 aromatic carbocycles. The number of nitrogens with zero attached hydrogens (tertiary/aromatic N) is 1. The lowest BCUT2D eigenvalue weighted by Gasteiger charge is -2.04. The van der Waals surface area contributed by atoms with E-state index in [9.17, 15) is 0 Å². The van der Waals surface area contributed by atoms with Gasteiger partial charge in [0.15, 0.2) is 5.90 Å². The number of rotatable bonds is 3. The van der Waals surface area contributed by atoms with Gasteiger partial charge in [0.2, 0.25) is 0 Å². The highest BCUT2D eigenvalue weighted by molar-refractivity contribution is 5.81. The minimum atomic E-state index is 0.292. The summed E-state index contributed by atoms with van der Waals surface area (Å²) in [7, 11) is 1.66. The molecule has 0 aliphatic carbocycles. The standard InChI is InChI=1S/C15H17NO3/c1-3-18-15-7-11(9-16-15)13-6-10-4-5-12(17-2)8-14(10)19-13/h4-6,8,11H,3,7,9H2,1-2H3. The molecule has 4 heteroatoms. The molecule has 0 spiro atoms. The van der Waals surface area contributed by atoms with Gasteiger partial charge < -0.3 is 13.9 Å². The summed E-state index contributed by atoms with van der Waals surface area (Å²) >= 11 is 0. The van der Waals surface area contributed by atoms with Gasteiger partial charge in [-0.15, -0.1) is 0 Å². The Labute approximate surface area is 112 Å². The van der Waals surface area contributed by atoms with Crippen LogP contribution >= 0.6 is 0 Å². The van der Waals surface area contributed by atoms with Gasteiger partial charge in [0.25, 0.3) is 0 Å². The first-order chi connectivity index (χ1) is 9.30. The molecule has 0 saturated heterocycles. The van der Waals surface area contributed by atoms with E-state index < -0.39 is 0 Å². The molecule has 100 valence electrons. The fourth-order valence-corrected chi connectivity index (χ4v) is 2.37. The maximum atomic E-state index is 5.91. The molecule has 2 heterocycles. The molecule has 1 aliphatic rings. The zero-order valence-electron chi connectivity index (χ0n) is 11.2. The van der Waals surface area contributed by atoms with Crippen LogP contribution < -0.4 is 4.74 Å². The molecule has 0 fully saturated rings. The van der Waals surface area contributed by atoms with E-state index >= 15 is 0 Å². The van der Waals surface area contributed by atoms with E-state index in [0.29, 0.717) is 12.5 Å². The maximum Gasteiger partial charge on any atom is 0.183 e. The van der Waals surface area contributed by atoms with Crippen molar-refractivity contribution in [3.63, 3.8) is 0 Å². The summed E-state index contributed by atoms with van der Waals surface area (Å²) in [4.78, 5) is 4.40. The van der Waals surface area contributed by atoms with Crippen molar-refractivity contribution in [1.29, 1.82) is 0 Å². The van der Waals surface area contributed by atoms with E-state index in [2.05, 4.69) is 11.1 Å². The van der Waals surface area contributed by atoms with Crippen LogP contribution in [-0.4, -0.2) is 26.2 Å². The van der Waals surface area contributed by atoms with Gasteiger partial charge >= 0.3 is 0 Å². The van der Waals surface area contributed by atoms with Crippen LogP contribution in [0.5, 0.6) is 5.75 Å². The number of aliphatic imine (C=N–C) groups is 1. The summed E-state index contributed by atoms with van der Waals surface area (Å²) in [5.41, 5.74) is 0.860. The molecule has 0 saturated carbocycles. The largest absolute Gasteiger partial charge is 0.497 e. The smallest absolute Gasteiger partial charge is 0.183 e. The Kier molecular flexibility index (Phi) is 3.15. The predicted octanol–water partition coefficient (Wildman–Crippen LogP) is 3.36. The van der Waals surface area contributed by atoms with Gasteiger partial charge in [-0.1, -0.05) is 0 Å². The fourth-order valence-electron chi connectivity index (χ4n) is 2.37. The quantitative estimate of drug-likeness (QED) is 0.848. The Bertz CT molecular complexity index is 615. The van der Waals surface area contributed by atoms with E-state index in [1.807, 2.05) is 25.1 Å². The van der Waals surface area contributed by atoms with E-state index in [1.165, 1.54) is 0 Å². The highest BCUT2D eigenvalue weighted by Gasteiger charge is 2.24. The SMILES string of the molecule is CCOC1=NCC(c2cc3ccc(OC)cc3o2)C1. The Morgan fingerprint density at radius 1 is 1.37 bits per heavy atom. The van der Waals surface area contributed by atoms with Crippen molar-refractivity contribution in [2.24, 2.45) is 4.99 Å². The number of hydrogen-bond acceptors (Lipinski definition) is 4. The van der Waals surface area contributed by atoms with Crippen LogP contribution in [0.2, 0.25) is 0 Å². The molecular weight excluding hydrogens is 242 g/mol. The first kappa shape index (κ1) is 12.1. The molecule has 0 bridgehead atoms. The molecule has 1 aromatic heterocycles. The molecule has 0 radical (unpaired) electrons. The first-order valence-electron chi connectivity index (χ1n) is 6.53. The molecule has 19 heavy (non-hydrogen) atoms. The van der Waals surface area contributed by atoms with E-state index in [4.69, 9.17) is 13.9 Å². The number of methoxy groups -OCH3 is 1. The molecule has 3 rings (SSSR count). The molecule has 4 nitrogen and oxygen atoms in total. The van der Waals surface area contributed by atoms with E-state index in [1.54, 1.807) is 7.11 Å². The van der Waals surface area contributed by atoms with Gasteiger partial charge in [-0.25, -0.2) is 0 Å². The van der Waals surface area contributed by atoms with Gasteiger partial charge in [-0.2, -0.15) is 0 Å². The average molecular weight is 259 g/mol. The lowest BCUT2D eigenvalue weighted by atomic mass is 10.0. The van der Waals surface area contributed by atoms with Crippen LogP contribution in [0.25, 0.3) is 11.0 Å². The first-order valence-corrected chi connectivity index (χ1v) is 6.53. The molecule has 1 atom stereocenters. The van der Waals surface area contributed by atoms with Gasteiger partial charge in [0.05, 0.1) is 20.3 Å². The normalized spacial score (nSPS) is 18.6. The minimum absolute atomic E-state index is 0.292. The lowest BCUT2D eigenvalue weighted by molar-refractivity contribution is 0.319. The van der Waals surface area contributed by atoms with Gasteiger partial charge in [-0.3, -0.25) is 4.99 Å². The molecule has 1 aliphatic heterocycles. The number of hydrogen-bond donors (Lipinski definition) is 0. The lowest BCUT2D eigenvalue weighted by Crippen LogP contribution is -2.03. The summed E-state index contributed by atoms with van der Waals surface area (Å²) in [6.45, 7) is 3.39. The molecule has 0 amide bonds.